The Balaban J connectivity index is 2.04. The number of rotatable bonds is 5. The van der Waals surface area contributed by atoms with Gasteiger partial charge in [0.25, 0.3) is 0 Å². The second-order valence-electron chi connectivity index (χ2n) is 3.90. The summed E-state index contributed by atoms with van der Waals surface area (Å²) in [5.74, 6) is 0. The van der Waals surface area contributed by atoms with Gasteiger partial charge >= 0.3 is 0 Å². The van der Waals surface area contributed by atoms with E-state index in [0.717, 1.165) is 17.1 Å². The highest BCUT2D eigenvalue weighted by Gasteiger charge is 2.03. The third-order valence-electron chi connectivity index (χ3n) is 2.44. The van der Waals surface area contributed by atoms with Gasteiger partial charge in [-0.1, -0.05) is 29.8 Å². The molecule has 0 aliphatic heterocycles. The van der Waals surface area contributed by atoms with Gasteiger partial charge in [0.05, 0.1) is 6.61 Å². The van der Waals surface area contributed by atoms with Crippen molar-refractivity contribution < 1.29 is 5.11 Å². The average Bonchev–Trinajstić information content (AvgIpc) is 2.79. The summed E-state index contributed by atoms with van der Waals surface area (Å²) in [5, 5.41) is 12.9. The van der Waals surface area contributed by atoms with Crippen LogP contribution in [0.25, 0.3) is 10.6 Å². The van der Waals surface area contributed by atoms with Crippen molar-refractivity contribution in [2.45, 2.75) is 13.5 Å². The normalized spacial score (nSPS) is 10.7. The molecule has 1 aromatic carbocycles. The summed E-state index contributed by atoms with van der Waals surface area (Å²) in [5.41, 5.74) is 2.42. The van der Waals surface area contributed by atoms with Crippen molar-refractivity contribution in [1.29, 1.82) is 0 Å². The highest BCUT2D eigenvalue weighted by Crippen LogP contribution is 2.25. The first-order valence-electron chi connectivity index (χ1n) is 5.63. The number of thiazole rings is 1. The van der Waals surface area contributed by atoms with E-state index < -0.39 is 0 Å². The van der Waals surface area contributed by atoms with E-state index in [0.29, 0.717) is 6.54 Å². The summed E-state index contributed by atoms with van der Waals surface area (Å²) in [6.45, 7) is 3.64. The lowest BCUT2D eigenvalue weighted by Gasteiger charge is -1.98. The molecule has 0 amide bonds. The Morgan fingerprint density at radius 3 is 2.76 bits per heavy atom. The Morgan fingerprint density at radius 1 is 1.29 bits per heavy atom. The van der Waals surface area contributed by atoms with Gasteiger partial charge in [-0.2, -0.15) is 0 Å². The van der Waals surface area contributed by atoms with Crippen LogP contribution in [-0.2, 0) is 6.54 Å². The third-order valence-corrected chi connectivity index (χ3v) is 3.49. The molecule has 0 bridgehead atoms. The monoisotopic (exact) mass is 248 g/mol. The quantitative estimate of drug-likeness (QED) is 0.797. The number of hydrogen-bond acceptors (Lipinski definition) is 4. The first-order chi connectivity index (χ1) is 8.29. The molecule has 0 aliphatic rings. The lowest BCUT2D eigenvalue weighted by atomic mass is 10.2. The Bertz CT molecular complexity index is 465. The molecular formula is C13H16N2OS. The Morgan fingerprint density at radius 2 is 2.06 bits per heavy atom. The zero-order chi connectivity index (χ0) is 12.1. The van der Waals surface area contributed by atoms with Gasteiger partial charge in [0.1, 0.15) is 5.01 Å². The zero-order valence-corrected chi connectivity index (χ0v) is 10.6. The van der Waals surface area contributed by atoms with E-state index in [-0.39, 0.29) is 6.61 Å². The van der Waals surface area contributed by atoms with Gasteiger partial charge < -0.3 is 10.4 Å². The van der Waals surface area contributed by atoms with Crippen LogP contribution in [0.1, 0.15) is 10.4 Å². The van der Waals surface area contributed by atoms with Gasteiger partial charge in [0, 0.05) is 29.7 Å². The van der Waals surface area contributed by atoms with E-state index in [2.05, 4.69) is 41.5 Å². The van der Waals surface area contributed by atoms with Crippen molar-refractivity contribution in [1.82, 2.24) is 10.3 Å². The van der Waals surface area contributed by atoms with E-state index in [1.807, 2.05) is 6.20 Å². The van der Waals surface area contributed by atoms with Gasteiger partial charge in [-0.3, -0.25) is 0 Å². The van der Waals surface area contributed by atoms with Crippen molar-refractivity contribution in [3.63, 3.8) is 0 Å². The average molecular weight is 248 g/mol. The number of aromatic nitrogens is 1. The minimum absolute atomic E-state index is 0.170. The Kier molecular flexibility index (Phi) is 4.25. The molecule has 0 atom stereocenters. The fourth-order valence-electron chi connectivity index (χ4n) is 1.51. The maximum Gasteiger partial charge on any atom is 0.123 e. The lowest BCUT2D eigenvalue weighted by molar-refractivity contribution is 0.292. The Labute approximate surface area is 105 Å². The summed E-state index contributed by atoms with van der Waals surface area (Å²) < 4.78 is 0. The maximum atomic E-state index is 8.68. The molecule has 0 unspecified atom stereocenters. The number of hydrogen-bond donors (Lipinski definition) is 2. The van der Waals surface area contributed by atoms with Gasteiger partial charge in [0.2, 0.25) is 0 Å². The number of nitrogens with zero attached hydrogens (tertiary/aromatic N) is 1. The van der Waals surface area contributed by atoms with Crippen LogP contribution in [0.3, 0.4) is 0 Å². The van der Waals surface area contributed by atoms with Crippen molar-refractivity contribution in [3.8, 4) is 10.6 Å². The molecule has 4 heteroatoms. The molecular weight excluding hydrogens is 232 g/mol. The second-order valence-corrected chi connectivity index (χ2v) is 5.01. The van der Waals surface area contributed by atoms with Crippen LogP contribution in [0.5, 0.6) is 0 Å². The van der Waals surface area contributed by atoms with Crippen molar-refractivity contribution >= 4 is 11.3 Å². The number of nitrogens with one attached hydrogen (secondary N) is 1. The minimum atomic E-state index is 0.170. The predicted molar refractivity (Wildman–Crippen MR) is 71.1 cm³/mol. The molecule has 1 aromatic heterocycles. The van der Waals surface area contributed by atoms with Gasteiger partial charge in [0.15, 0.2) is 0 Å². The van der Waals surface area contributed by atoms with Gasteiger partial charge in [-0.25, -0.2) is 4.98 Å². The SMILES string of the molecule is Cc1ccc(-c2ncc(CNCCO)s2)cc1. The lowest BCUT2D eigenvalue weighted by Crippen LogP contribution is -2.16. The highest BCUT2D eigenvalue weighted by molar-refractivity contribution is 7.15. The van der Waals surface area contributed by atoms with Crippen LogP contribution in [0.2, 0.25) is 0 Å². The molecule has 0 spiro atoms. The van der Waals surface area contributed by atoms with E-state index >= 15 is 0 Å². The standard InChI is InChI=1S/C13H16N2OS/c1-10-2-4-11(5-3-10)13-15-9-12(17-13)8-14-6-7-16/h2-5,9,14,16H,6-8H2,1H3. The smallest absolute Gasteiger partial charge is 0.123 e. The molecule has 90 valence electrons. The number of aliphatic hydroxyl groups excluding tert-OH is 1. The van der Waals surface area contributed by atoms with Gasteiger partial charge in [-0.05, 0) is 6.92 Å². The van der Waals surface area contributed by atoms with E-state index in [1.54, 1.807) is 11.3 Å². The molecule has 17 heavy (non-hydrogen) atoms. The number of aryl methyl sites for hydroxylation is 1. The van der Waals surface area contributed by atoms with Crippen LogP contribution in [0.15, 0.2) is 30.5 Å². The summed E-state index contributed by atoms with van der Waals surface area (Å²) in [6.07, 6.45) is 1.89. The second kappa shape index (κ2) is 5.91. The van der Waals surface area contributed by atoms with Crippen molar-refractivity contribution in [2.75, 3.05) is 13.2 Å². The predicted octanol–water partition coefficient (Wildman–Crippen LogP) is 2.20. The maximum absolute atomic E-state index is 8.68. The minimum Gasteiger partial charge on any atom is -0.395 e. The van der Waals surface area contributed by atoms with E-state index in [1.165, 1.54) is 10.4 Å². The summed E-state index contributed by atoms with van der Waals surface area (Å²) in [7, 11) is 0. The molecule has 2 N–H and O–H groups in total. The van der Waals surface area contributed by atoms with Crippen LogP contribution >= 0.6 is 11.3 Å². The van der Waals surface area contributed by atoms with Crippen LogP contribution in [0.4, 0.5) is 0 Å². The summed E-state index contributed by atoms with van der Waals surface area (Å²) >= 11 is 1.69. The molecule has 0 saturated carbocycles. The first kappa shape index (κ1) is 12.2. The zero-order valence-electron chi connectivity index (χ0n) is 9.81. The van der Waals surface area contributed by atoms with Crippen LogP contribution < -0.4 is 5.32 Å². The molecule has 0 fully saturated rings. The molecule has 0 radical (unpaired) electrons. The van der Waals surface area contributed by atoms with Gasteiger partial charge in [-0.15, -0.1) is 11.3 Å². The first-order valence-corrected chi connectivity index (χ1v) is 6.44. The molecule has 0 aliphatic carbocycles. The molecule has 1 heterocycles. The topological polar surface area (TPSA) is 45.2 Å². The van der Waals surface area contributed by atoms with E-state index in [9.17, 15) is 0 Å². The summed E-state index contributed by atoms with van der Waals surface area (Å²) in [6, 6.07) is 8.39. The Hall–Kier alpha value is -1.23. The molecule has 2 rings (SSSR count). The third kappa shape index (κ3) is 3.36. The number of aliphatic hydroxyl groups is 1. The van der Waals surface area contributed by atoms with Crippen molar-refractivity contribution in [2.24, 2.45) is 0 Å². The number of benzene rings is 1. The molecule has 3 nitrogen and oxygen atoms in total. The fraction of sp³-hybridized carbons (Fsp3) is 0.308. The molecule has 0 saturated heterocycles. The molecule has 2 aromatic rings. The van der Waals surface area contributed by atoms with Crippen LogP contribution in [-0.4, -0.2) is 23.2 Å². The summed E-state index contributed by atoms with van der Waals surface area (Å²) in [4.78, 5) is 5.60. The van der Waals surface area contributed by atoms with E-state index in [4.69, 9.17) is 5.11 Å². The highest BCUT2D eigenvalue weighted by atomic mass is 32.1. The van der Waals surface area contributed by atoms with Crippen molar-refractivity contribution in [3.05, 3.63) is 40.9 Å². The van der Waals surface area contributed by atoms with Crippen LogP contribution in [0, 0.1) is 6.92 Å². The largest absolute Gasteiger partial charge is 0.395 e. The fourth-order valence-corrected chi connectivity index (χ4v) is 2.40.